The van der Waals surface area contributed by atoms with Gasteiger partial charge in [-0.2, -0.15) is 0 Å². The fourth-order valence-electron chi connectivity index (χ4n) is 2.17. The maximum atomic E-state index is 6.30. The first-order valence-electron chi connectivity index (χ1n) is 6.61. The molecule has 0 unspecified atom stereocenters. The molecule has 0 aliphatic rings. The van der Waals surface area contributed by atoms with Crippen molar-refractivity contribution in [1.29, 1.82) is 0 Å². The molecule has 3 heteroatoms. The second-order valence-electron chi connectivity index (χ2n) is 5.80. The van der Waals surface area contributed by atoms with Gasteiger partial charge in [0.05, 0.1) is 0 Å². The zero-order valence-corrected chi connectivity index (χ0v) is 14.7. The molecule has 0 atom stereocenters. The smallest absolute Gasteiger partial charge is 0.140 e. The molecule has 0 aliphatic heterocycles. The number of halogens is 2. The molecule has 1 radical (unpaired) electrons. The molecule has 0 aromatic heterocycles. The Balaban J connectivity index is 3.55. The molecule has 18 heavy (non-hydrogen) atoms. The van der Waals surface area contributed by atoms with Crippen LogP contribution in [-0.2, 0) is 0 Å². The minimum Gasteiger partial charge on any atom is -0.140 e. The highest BCUT2D eigenvalue weighted by atomic mass is 35.7. The van der Waals surface area contributed by atoms with Crippen LogP contribution in [0.1, 0.15) is 76.0 Å². The molecule has 0 bridgehead atoms. The molecule has 0 heterocycles. The average Bonchev–Trinajstić information content (AvgIpc) is 2.26. The van der Waals surface area contributed by atoms with Crippen LogP contribution < -0.4 is 5.19 Å². The van der Waals surface area contributed by atoms with E-state index in [1.54, 1.807) is 0 Å². The zero-order valence-electron chi connectivity index (χ0n) is 12.1. The van der Waals surface area contributed by atoms with Gasteiger partial charge in [-0.1, -0.05) is 53.7 Å². The van der Waals surface area contributed by atoms with Crippen molar-refractivity contribution in [3.63, 3.8) is 0 Å². The summed E-state index contributed by atoms with van der Waals surface area (Å²) in [7, 11) is -1.46. The molecule has 0 N–H and O–H groups in total. The van der Waals surface area contributed by atoms with Crippen LogP contribution in [0.15, 0.2) is 12.1 Å². The lowest BCUT2D eigenvalue weighted by atomic mass is 9.89. The number of benzene rings is 1. The van der Waals surface area contributed by atoms with E-state index in [0.29, 0.717) is 17.8 Å². The van der Waals surface area contributed by atoms with Crippen LogP contribution >= 0.6 is 22.2 Å². The summed E-state index contributed by atoms with van der Waals surface area (Å²) in [5.41, 5.74) is 4.07. The quantitative estimate of drug-likeness (QED) is 0.528. The summed E-state index contributed by atoms with van der Waals surface area (Å²) in [6.45, 7) is 13.3. The number of rotatable bonds is 4. The monoisotopic (exact) mass is 301 g/mol. The fourth-order valence-corrected chi connectivity index (χ4v) is 4.64. The Morgan fingerprint density at radius 2 is 1.17 bits per heavy atom. The van der Waals surface area contributed by atoms with Gasteiger partial charge in [0, 0.05) is 0 Å². The van der Waals surface area contributed by atoms with Crippen LogP contribution in [0.3, 0.4) is 0 Å². The van der Waals surface area contributed by atoms with Crippen molar-refractivity contribution in [1.82, 2.24) is 0 Å². The maximum absolute atomic E-state index is 6.30. The van der Waals surface area contributed by atoms with Gasteiger partial charge >= 0.3 is 7.42 Å². The molecule has 0 fully saturated rings. The molecular weight excluding hydrogens is 279 g/mol. The van der Waals surface area contributed by atoms with Gasteiger partial charge in [-0.25, -0.2) is 0 Å². The Hall–Kier alpha value is 0.0169. The Kier molecular flexibility index (Phi) is 5.76. The number of hydrogen-bond donors (Lipinski definition) is 0. The minimum atomic E-state index is -1.46. The molecule has 1 rings (SSSR count). The summed E-state index contributed by atoms with van der Waals surface area (Å²) in [6.07, 6.45) is 0. The van der Waals surface area contributed by atoms with E-state index < -0.39 is 7.42 Å². The van der Waals surface area contributed by atoms with E-state index in [2.05, 4.69) is 53.7 Å². The lowest BCUT2D eigenvalue weighted by molar-refractivity contribution is 0.813. The van der Waals surface area contributed by atoms with Crippen molar-refractivity contribution in [2.24, 2.45) is 0 Å². The first-order valence-corrected chi connectivity index (χ1v) is 10.1. The van der Waals surface area contributed by atoms with Crippen molar-refractivity contribution in [3.05, 3.63) is 28.8 Å². The molecule has 0 saturated carbocycles. The SMILES string of the molecule is CC(C)c1cc(C(C)C)c([Si](Cl)Cl)c(C(C)C)c1. The highest BCUT2D eigenvalue weighted by Gasteiger charge is 2.22. The van der Waals surface area contributed by atoms with Gasteiger partial charge in [0.15, 0.2) is 0 Å². The number of hydrogen-bond acceptors (Lipinski definition) is 0. The van der Waals surface area contributed by atoms with E-state index in [1.807, 2.05) is 0 Å². The Morgan fingerprint density at radius 3 is 1.39 bits per heavy atom. The van der Waals surface area contributed by atoms with E-state index in [1.165, 1.54) is 21.9 Å². The van der Waals surface area contributed by atoms with Crippen LogP contribution in [0, 0.1) is 0 Å². The van der Waals surface area contributed by atoms with Crippen molar-refractivity contribution >= 4 is 34.8 Å². The molecule has 1 aromatic rings. The van der Waals surface area contributed by atoms with Crippen LogP contribution in [0.25, 0.3) is 0 Å². The Bertz CT molecular complexity index is 380. The van der Waals surface area contributed by atoms with Crippen LogP contribution in [-0.4, -0.2) is 7.42 Å². The predicted octanol–water partition coefficient (Wildman–Crippen LogP) is 5.23. The third-order valence-corrected chi connectivity index (χ3v) is 5.41. The molecule has 0 spiro atoms. The topological polar surface area (TPSA) is 0 Å². The summed E-state index contributed by atoms with van der Waals surface area (Å²) in [4.78, 5) is 0. The molecule has 1 aromatic carbocycles. The molecule has 0 aliphatic carbocycles. The van der Waals surface area contributed by atoms with Crippen LogP contribution in [0.5, 0.6) is 0 Å². The van der Waals surface area contributed by atoms with Crippen molar-refractivity contribution < 1.29 is 0 Å². The van der Waals surface area contributed by atoms with Gasteiger partial charge in [-0.05, 0) is 39.6 Å². The molecule has 0 amide bonds. The first kappa shape index (κ1) is 16.1. The fraction of sp³-hybridized carbons (Fsp3) is 0.600. The van der Waals surface area contributed by atoms with Gasteiger partial charge in [0.2, 0.25) is 0 Å². The highest BCUT2D eigenvalue weighted by Crippen LogP contribution is 2.27. The Labute approximate surface area is 123 Å². The molecular formula is C15H23Cl2Si. The Morgan fingerprint density at radius 1 is 0.778 bits per heavy atom. The summed E-state index contributed by atoms with van der Waals surface area (Å²) >= 11 is 12.6. The van der Waals surface area contributed by atoms with E-state index >= 15 is 0 Å². The van der Waals surface area contributed by atoms with Gasteiger partial charge in [-0.3, -0.25) is 0 Å². The second kappa shape index (κ2) is 6.45. The highest BCUT2D eigenvalue weighted by molar-refractivity contribution is 7.39. The third kappa shape index (κ3) is 3.52. The molecule has 0 saturated heterocycles. The van der Waals surface area contributed by atoms with Crippen molar-refractivity contribution in [2.75, 3.05) is 0 Å². The second-order valence-corrected chi connectivity index (χ2v) is 9.67. The van der Waals surface area contributed by atoms with E-state index in [-0.39, 0.29) is 0 Å². The van der Waals surface area contributed by atoms with Crippen LogP contribution in [0.2, 0.25) is 0 Å². The van der Waals surface area contributed by atoms with Gasteiger partial charge in [0.25, 0.3) is 0 Å². The zero-order chi connectivity index (χ0) is 14.0. The largest absolute Gasteiger partial charge is 0.307 e. The summed E-state index contributed by atoms with van der Waals surface area (Å²) in [5, 5.41) is 1.22. The van der Waals surface area contributed by atoms with Gasteiger partial charge in [-0.15, -0.1) is 22.2 Å². The lowest BCUT2D eigenvalue weighted by Crippen LogP contribution is -2.29. The minimum absolute atomic E-state index is 0.466. The molecule has 101 valence electrons. The summed E-state index contributed by atoms with van der Waals surface area (Å²) in [5.74, 6) is 1.47. The van der Waals surface area contributed by atoms with Gasteiger partial charge in [0.1, 0.15) is 0 Å². The van der Waals surface area contributed by atoms with Crippen molar-refractivity contribution in [3.8, 4) is 0 Å². The summed E-state index contributed by atoms with van der Waals surface area (Å²) < 4.78 is 0. The molecule has 0 nitrogen and oxygen atoms in total. The van der Waals surface area contributed by atoms with E-state index in [0.717, 1.165) is 0 Å². The van der Waals surface area contributed by atoms with Gasteiger partial charge < -0.3 is 0 Å². The average molecular weight is 302 g/mol. The third-order valence-electron chi connectivity index (χ3n) is 3.32. The summed E-state index contributed by atoms with van der Waals surface area (Å²) in [6, 6.07) is 4.60. The van der Waals surface area contributed by atoms with Crippen molar-refractivity contribution in [2.45, 2.75) is 59.3 Å². The normalized spacial score (nSPS) is 12.2. The van der Waals surface area contributed by atoms with Crippen LogP contribution in [0.4, 0.5) is 0 Å². The lowest BCUT2D eigenvalue weighted by Gasteiger charge is -2.22. The first-order chi connectivity index (χ1) is 8.25. The maximum Gasteiger partial charge on any atom is 0.307 e. The van der Waals surface area contributed by atoms with E-state index in [4.69, 9.17) is 22.2 Å². The predicted molar refractivity (Wildman–Crippen MR) is 85.8 cm³/mol. The van der Waals surface area contributed by atoms with E-state index in [9.17, 15) is 0 Å². The standard InChI is InChI=1S/C15H23Cl2Si/c1-9(2)12-7-13(10(3)4)15(18(16)17)14(8-12)11(5)6/h7-11H,1-6H3.